The molecule has 4 nitrogen and oxygen atoms in total. The smallest absolute Gasteiger partial charge is 0.257 e. The Bertz CT molecular complexity index is 839. The lowest BCUT2D eigenvalue weighted by Crippen LogP contribution is -2.11. The molecule has 3 rings (SSSR count). The van der Waals surface area contributed by atoms with Crippen molar-refractivity contribution in [1.82, 2.24) is 4.98 Å². The first-order valence-electron chi connectivity index (χ1n) is 6.49. The van der Waals surface area contributed by atoms with Crippen LogP contribution in [0.25, 0.3) is 10.9 Å². The number of hydrogen-bond donors (Lipinski definition) is 3. The van der Waals surface area contributed by atoms with Crippen molar-refractivity contribution in [3.8, 4) is 0 Å². The van der Waals surface area contributed by atoms with Gasteiger partial charge in [-0.25, -0.2) is 4.39 Å². The quantitative estimate of drug-likeness (QED) is 0.630. The number of benzene rings is 2. The third-order valence-electron chi connectivity index (χ3n) is 3.38. The lowest BCUT2D eigenvalue weighted by molar-refractivity contribution is 0.102. The average Bonchev–Trinajstić information content (AvgIpc) is 2.85. The predicted octanol–water partition coefficient (Wildman–Crippen LogP) is 3.45. The molecule has 0 spiro atoms. The number of fused-ring (bicyclic) bond motifs is 1. The fourth-order valence-electron chi connectivity index (χ4n) is 2.20. The number of aromatic nitrogens is 1. The van der Waals surface area contributed by atoms with Gasteiger partial charge in [0.05, 0.1) is 5.56 Å². The van der Waals surface area contributed by atoms with Crippen LogP contribution in [0.5, 0.6) is 0 Å². The first kappa shape index (κ1) is 13.2. The van der Waals surface area contributed by atoms with Gasteiger partial charge in [0, 0.05) is 28.5 Å². The normalized spacial score (nSPS) is 10.8. The Balaban J connectivity index is 1.91. The van der Waals surface area contributed by atoms with Crippen molar-refractivity contribution in [3.05, 3.63) is 59.5 Å². The van der Waals surface area contributed by atoms with E-state index in [1.807, 2.05) is 0 Å². The van der Waals surface area contributed by atoms with Gasteiger partial charge in [0.2, 0.25) is 0 Å². The molecule has 0 bridgehead atoms. The van der Waals surface area contributed by atoms with Crippen molar-refractivity contribution in [2.75, 3.05) is 11.1 Å². The van der Waals surface area contributed by atoms with E-state index in [-0.39, 0.29) is 11.7 Å². The van der Waals surface area contributed by atoms with Crippen molar-refractivity contribution < 1.29 is 9.18 Å². The summed E-state index contributed by atoms with van der Waals surface area (Å²) in [4.78, 5) is 15.3. The molecule has 4 N–H and O–H groups in total. The first-order valence-corrected chi connectivity index (χ1v) is 6.49. The van der Waals surface area contributed by atoms with Crippen LogP contribution in [0, 0.1) is 12.7 Å². The van der Waals surface area contributed by atoms with Crippen LogP contribution in [-0.4, -0.2) is 10.9 Å². The molecule has 0 radical (unpaired) electrons. The molecular weight excluding hydrogens is 269 g/mol. The summed E-state index contributed by atoms with van der Waals surface area (Å²) in [7, 11) is 0. The molecule has 5 heteroatoms. The molecule has 0 aliphatic heterocycles. The Hall–Kier alpha value is -2.82. The zero-order valence-corrected chi connectivity index (χ0v) is 11.4. The zero-order chi connectivity index (χ0) is 15.0. The number of carbonyl (C=O) groups excluding carboxylic acids is 1. The van der Waals surface area contributed by atoms with Crippen molar-refractivity contribution >= 4 is 28.2 Å². The van der Waals surface area contributed by atoms with E-state index in [1.165, 1.54) is 6.07 Å². The third-order valence-corrected chi connectivity index (χ3v) is 3.38. The Morgan fingerprint density at radius 2 is 2.05 bits per heavy atom. The Kier molecular flexibility index (Phi) is 3.10. The molecule has 106 valence electrons. The van der Waals surface area contributed by atoms with Gasteiger partial charge in [-0.2, -0.15) is 0 Å². The lowest BCUT2D eigenvalue weighted by Gasteiger charge is -2.06. The molecule has 0 aliphatic carbocycles. The molecule has 1 aromatic heterocycles. The summed E-state index contributed by atoms with van der Waals surface area (Å²) < 4.78 is 13.5. The van der Waals surface area contributed by atoms with Gasteiger partial charge >= 0.3 is 0 Å². The number of nitrogens with one attached hydrogen (secondary N) is 2. The number of nitrogen functional groups attached to an aromatic ring is 1. The fraction of sp³-hybridized carbons (Fsp3) is 0.0625. The van der Waals surface area contributed by atoms with Gasteiger partial charge in [-0.05, 0) is 42.8 Å². The Morgan fingerprint density at radius 1 is 1.24 bits per heavy atom. The third kappa shape index (κ3) is 2.45. The van der Waals surface area contributed by atoms with Gasteiger partial charge in [0.25, 0.3) is 5.91 Å². The highest BCUT2D eigenvalue weighted by Gasteiger charge is 2.12. The van der Waals surface area contributed by atoms with E-state index in [9.17, 15) is 9.18 Å². The van der Waals surface area contributed by atoms with Crippen molar-refractivity contribution in [3.63, 3.8) is 0 Å². The Labute approximate surface area is 120 Å². The van der Waals surface area contributed by atoms with E-state index in [0.29, 0.717) is 22.5 Å². The molecular formula is C16H14FN3O. The van der Waals surface area contributed by atoms with Gasteiger partial charge in [0.1, 0.15) is 5.82 Å². The van der Waals surface area contributed by atoms with E-state index >= 15 is 0 Å². The molecule has 0 aliphatic rings. The highest BCUT2D eigenvalue weighted by molar-refractivity contribution is 6.13. The van der Waals surface area contributed by atoms with Gasteiger partial charge < -0.3 is 16.0 Å². The molecule has 21 heavy (non-hydrogen) atoms. The minimum Gasteiger partial charge on any atom is -0.399 e. The standard InChI is InChI=1S/C16H14FN3O/c1-9-2-4-11(7-14(9)17)20-16(21)13-8-19-15-6-10(18)3-5-12(13)15/h2-8,19H,18H2,1H3,(H,20,21). The molecule has 0 saturated carbocycles. The molecule has 0 unspecified atom stereocenters. The van der Waals surface area contributed by atoms with Crippen LogP contribution in [0.3, 0.4) is 0 Å². The number of anilines is 2. The summed E-state index contributed by atoms with van der Waals surface area (Å²) in [6.45, 7) is 1.67. The molecule has 3 aromatic rings. The van der Waals surface area contributed by atoms with E-state index in [2.05, 4.69) is 10.3 Å². The van der Waals surface area contributed by atoms with E-state index in [1.54, 1.807) is 43.5 Å². The predicted molar refractivity (Wildman–Crippen MR) is 81.8 cm³/mol. The van der Waals surface area contributed by atoms with Crippen molar-refractivity contribution in [1.29, 1.82) is 0 Å². The van der Waals surface area contributed by atoms with Gasteiger partial charge in [-0.3, -0.25) is 4.79 Å². The highest BCUT2D eigenvalue weighted by atomic mass is 19.1. The largest absolute Gasteiger partial charge is 0.399 e. The maximum atomic E-state index is 13.5. The van der Waals surface area contributed by atoms with Gasteiger partial charge in [-0.15, -0.1) is 0 Å². The van der Waals surface area contributed by atoms with Crippen LogP contribution < -0.4 is 11.1 Å². The van der Waals surface area contributed by atoms with Crippen LogP contribution >= 0.6 is 0 Å². The Morgan fingerprint density at radius 3 is 2.81 bits per heavy atom. The molecule has 0 fully saturated rings. The number of aryl methyl sites for hydroxylation is 1. The summed E-state index contributed by atoms with van der Waals surface area (Å²) in [5.74, 6) is -0.645. The minimum absolute atomic E-state index is 0.297. The number of nitrogens with two attached hydrogens (primary N) is 1. The number of amides is 1. The summed E-state index contributed by atoms with van der Waals surface area (Å²) in [5, 5.41) is 3.46. The second-order valence-electron chi connectivity index (χ2n) is 4.93. The molecule has 0 atom stereocenters. The second kappa shape index (κ2) is 4.94. The second-order valence-corrected chi connectivity index (χ2v) is 4.93. The monoisotopic (exact) mass is 283 g/mol. The fourth-order valence-corrected chi connectivity index (χ4v) is 2.20. The minimum atomic E-state index is -0.348. The van der Waals surface area contributed by atoms with Crippen molar-refractivity contribution in [2.45, 2.75) is 6.92 Å². The van der Waals surface area contributed by atoms with Gasteiger partial charge in [-0.1, -0.05) is 6.07 Å². The highest BCUT2D eigenvalue weighted by Crippen LogP contribution is 2.22. The average molecular weight is 283 g/mol. The summed E-state index contributed by atoms with van der Waals surface area (Å²) in [5.41, 5.74) is 8.56. The number of halogens is 1. The van der Waals surface area contributed by atoms with Crippen LogP contribution in [0.4, 0.5) is 15.8 Å². The lowest BCUT2D eigenvalue weighted by atomic mass is 10.1. The van der Waals surface area contributed by atoms with E-state index in [4.69, 9.17) is 5.73 Å². The summed E-state index contributed by atoms with van der Waals surface area (Å²) >= 11 is 0. The van der Waals surface area contributed by atoms with E-state index in [0.717, 1.165) is 10.9 Å². The number of hydrogen-bond acceptors (Lipinski definition) is 2. The summed E-state index contributed by atoms with van der Waals surface area (Å²) in [6.07, 6.45) is 1.62. The molecule has 1 amide bonds. The maximum Gasteiger partial charge on any atom is 0.257 e. The van der Waals surface area contributed by atoms with Crippen LogP contribution in [0.1, 0.15) is 15.9 Å². The summed E-state index contributed by atoms with van der Waals surface area (Å²) in [6, 6.07) is 9.88. The molecule has 0 saturated heterocycles. The van der Waals surface area contributed by atoms with Crippen LogP contribution in [-0.2, 0) is 0 Å². The zero-order valence-electron chi connectivity index (χ0n) is 11.4. The molecule has 2 aromatic carbocycles. The number of aromatic amines is 1. The number of rotatable bonds is 2. The van der Waals surface area contributed by atoms with Gasteiger partial charge in [0.15, 0.2) is 0 Å². The maximum absolute atomic E-state index is 13.5. The molecule has 1 heterocycles. The number of carbonyl (C=O) groups is 1. The SMILES string of the molecule is Cc1ccc(NC(=O)c2c[nH]c3cc(N)ccc23)cc1F. The van der Waals surface area contributed by atoms with Crippen LogP contribution in [0.15, 0.2) is 42.6 Å². The van der Waals surface area contributed by atoms with E-state index < -0.39 is 0 Å². The van der Waals surface area contributed by atoms with Crippen LogP contribution in [0.2, 0.25) is 0 Å². The topological polar surface area (TPSA) is 70.9 Å². The first-order chi connectivity index (χ1) is 10.0. The van der Waals surface area contributed by atoms with Crippen molar-refractivity contribution in [2.24, 2.45) is 0 Å². The number of H-pyrrole nitrogens is 1.